The fourth-order valence-corrected chi connectivity index (χ4v) is 0.961. The number of carbonyl (C=O) groups is 1. The molecule has 0 spiro atoms. The van der Waals surface area contributed by atoms with Crippen molar-refractivity contribution >= 4 is 5.97 Å². The standard InChI is InChI=1S/C12H12O3/c1-3-4-9-15-11-7-5-10(6-8-11)12(13)14-2/h5-8H,9H2,1-2H3/i1D3. The molecule has 0 heterocycles. The first-order valence-electron chi connectivity index (χ1n) is 5.73. The predicted molar refractivity (Wildman–Crippen MR) is 56.7 cm³/mol. The van der Waals surface area contributed by atoms with E-state index in [1.165, 1.54) is 7.11 Å². The number of carbonyl (C=O) groups excluding carboxylic acids is 1. The zero-order valence-electron chi connectivity index (χ0n) is 11.2. The fourth-order valence-electron chi connectivity index (χ4n) is 0.961. The van der Waals surface area contributed by atoms with Crippen LogP contribution in [0.15, 0.2) is 24.3 Å². The maximum atomic E-state index is 11.1. The maximum Gasteiger partial charge on any atom is 0.337 e. The first-order chi connectivity index (χ1) is 8.42. The van der Waals surface area contributed by atoms with Crippen LogP contribution in [-0.4, -0.2) is 19.7 Å². The lowest BCUT2D eigenvalue weighted by Gasteiger charge is -2.02. The summed E-state index contributed by atoms with van der Waals surface area (Å²) in [6.45, 7) is -2.28. The van der Waals surface area contributed by atoms with Gasteiger partial charge in [0.2, 0.25) is 0 Å². The van der Waals surface area contributed by atoms with Gasteiger partial charge in [0.1, 0.15) is 12.4 Å². The Kier molecular flexibility index (Phi) is 2.80. The summed E-state index contributed by atoms with van der Waals surface area (Å²) in [7, 11) is 1.30. The highest BCUT2D eigenvalue weighted by atomic mass is 16.5. The van der Waals surface area contributed by atoms with Gasteiger partial charge in [-0.15, -0.1) is 5.92 Å². The lowest BCUT2D eigenvalue weighted by Crippen LogP contribution is -2.01. The second kappa shape index (κ2) is 5.71. The van der Waals surface area contributed by atoms with Crippen molar-refractivity contribution in [1.82, 2.24) is 0 Å². The lowest BCUT2D eigenvalue weighted by atomic mass is 10.2. The van der Waals surface area contributed by atoms with E-state index in [0.29, 0.717) is 11.3 Å². The molecule has 0 aliphatic heterocycles. The minimum Gasteiger partial charge on any atom is -0.481 e. The van der Waals surface area contributed by atoms with Crippen LogP contribution in [0.25, 0.3) is 0 Å². The van der Waals surface area contributed by atoms with Crippen molar-refractivity contribution in [1.29, 1.82) is 0 Å². The molecule has 1 aromatic carbocycles. The van der Waals surface area contributed by atoms with E-state index in [1.54, 1.807) is 24.3 Å². The van der Waals surface area contributed by atoms with E-state index in [9.17, 15) is 4.79 Å². The van der Waals surface area contributed by atoms with Crippen LogP contribution in [-0.2, 0) is 4.74 Å². The molecule has 0 saturated heterocycles. The van der Waals surface area contributed by atoms with Crippen molar-refractivity contribution in [3.8, 4) is 17.6 Å². The Balaban J connectivity index is 2.54. The average molecular weight is 207 g/mol. The van der Waals surface area contributed by atoms with E-state index in [1.807, 2.05) is 0 Å². The third kappa shape index (κ3) is 3.35. The molecule has 0 aliphatic rings. The number of benzene rings is 1. The normalized spacial score (nSPS) is 12.5. The van der Waals surface area contributed by atoms with Gasteiger partial charge in [-0.1, -0.05) is 5.92 Å². The average Bonchev–Trinajstić information content (AvgIpc) is 2.33. The molecule has 78 valence electrons. The second-order valence-corrected chi connectivity index (χ2v) is 2.61. The number of hydrogen-bond donors (Lipinski definition) is 0. The first kappa shape index (κ1) is 7.36. The fraction of sp³-hybridized carbons (Fsp3) is 0.250. The van der Waals surface area contributed by atoms with Crippen LogP contribution in [0, 0.1) is 11.8 Å². The molecule has 0 aromatic heterocycles. The van der Waals surface area contributed by atoms with Gasteiger partial charge < -0.3 is 9.47 Å². The van der Waals surface area contributed by atoms with Gasteiger partial charge in [-0.3, -0.25) is 0 Å². The summed E-state index contributed by atoms with van der Waals surface area (Å²) in [5, 5.41) is 0. The van der Waals surface area contributed by atoms with Gasteiger partial charge in [-0.05, 0) is 31.1 Å². The van der Waals surface area contributed by atoms with E-state index in [4.69, 9.17) is 8.85 Å². The van der Waals surface area contributed by atoms with Crippen LogP contribution in [0.5, 0.6) is 5.75 Å². The molecule has 0 bridgehead atoms. The van der Waals surface area contributed by atoms with Crippen LogP contribution >= 0.6 is 0 Å². The van der Waals surface area contributed by atoms with Crippen molar-refractivity contribution in [3.63, 3.8) is 0 Å². The Labute approximate surface area is 93.2 Å². The molecular formula is C12H12O3. The minimum absolute atomic E-state index is 0.0179. The first-order valence-corrected chi connectivity index (χ1v) is 4.23. The Morgan fingerprint density at radius 2 is 2.20 bits per heavy atom. The van der Waals surface area contributed by atoms with Gasteiger partial charge in [0.25, 0.3) is 0 Å². The van der Waals surface area contributed by atoms with E-state index < -0.39 is 12.8 Å². The highest BCUT2D eigenvalue weighted by molar-refractivity contribution is 5.89. The zero-order valence-corrected chi connectivity index (χ0v) is 8.24. The largest absolute Gasteiger partial charge is 0.481 e. The monoisotopic (exact) mass is 207 g/mol. The molecule has 1 aromatic rings. The molecule has 0 radical (unpaired) electrons. The van der Waals surface area contributed by atoms with Crippen LogP contribution < -0.4 is 4.74 Å². The van der Waals surface area contributed by atoms with Gasteiger partial charge in [0, 0.05) is 4.11 Å². The maximum absolute atomic E-state index is 11.1. The number of rotatable bonds is 3. The highest BCUT2D eigenvalue weighted by Gasteiger charge is 2.03. The summed E-state index contributed by atoms with van der Waals surface area (Å²) in [4.78, 5) is 11.1. The number of hydrogen-bond acceptors (Lipinski definition) is 3. The molecular weight excluding hydrogens is 192 g/mol. The number of ether oxygens (including phenoxy) is 2. The second-order valence-electron chi connectivity index (χ2n) is 2.61. The molecule has 0 saturated carbocycles. The highest BCUT2D eigenvalue weighted by Crippen LogP contribution is 2.12. The molecule has 0 aliphatic carbocycles. The van der Waals surface area contributed by atoms with Crippen LogP contribution in [0.4, 0.5) is 0 Å². The molecule has 0 amide bonds. The number of methoxy groups -OCH3 is 1. The Bertz CT molecular complexity index is 466. The summed E-state index contributed by atoms with van der Waals surface area (Å²) in [6, 6.07) is 6.28. The Hall–Kier alpha value is -1.95. The zero-order chi connectivity index (χ0) is 13.6. The smallest absolute Gasteiger partial charge is 0.337 e. The van der Waals surface area contributed by atoms with Crippen molar-refractivity contribution in [2.45, 2.75) is 6.85 Å². The summed E-state index contributed by atoms with van der Waals surface area (Å²) in [5.74, 6) is 4.55. The van der Waals surface area contributed by atoms with E-state index >= 15 is 0 Å². The van der Waals surface area contributed by atoms with Crippen LogP contribution in [0.1, 0.15) is 21.3 Å². The van der Waals surface area contributed by atoms with E-state index in [0.717, 1.165) is 0 Å². The summed E-state index contributed by atoms with van der Waals surface area (Å²) in [5.41, 5.74) is 0.415. The SMILES string of the molecule is [2H]C([2H])([2H])C#CCOc1ccc(C(=O)OC)cc1. The summed E-state index contributed by atoms with van der Waals surface area (Å²) in [6.07, 6.45) is 0. The van der Waals surface area contributed by atoms with Crippen molar-refractivity contribution < 1.29 is 18.4 Å². The Morgan fingerprint density at radius 3 is 2.80 bits per heavy atom. The molecule has 0 unspecified atom stereocenters. The van der Waals surface area contributed by atoms with Crippen LogP contribution in [0.3, 0.4) is 0 Å². The minimum atomic E-state index is -2.27. The molecule has 0 atom stereocenters. The van der Waals surface area contributed by atoms with Crippen molar-refractivity contribution in [3.05, 3.63) is 29.8 Å². The predicted octanol–water partition coefficient (Wildman–Crippen LogP) is 1.88. The number of esters is 1. The van der Waals surface area contributed by atoms with E-state index in [-0.39, 0.29) is 6.61 Å². The molecule has 3 nitrogen and oxygen atoms in total. The molecule has 1 rings (SSSR count). The van der Waals surface area contributed by atoms with Gasteiger partial charge in [-0.2, -0.15) is 0 Å². The van der Waals surface area contributed by atoms with Gasteiger partial charge in [0.05, 0.1) is 12.7 Å². The molecule has 3 heteroatoms. The van der Waals surface area contributed by atoms with Gasteiger partial charge in [-0.25, -0.2) is 4.79 Å². The van der Waals surface area contributed by atoms with E-state index in [2.05, 4.69) is 16.6 Å². The van der Waals surface area contributed by atoms with Gasteiger partial charge >= 0.3 is 5.97 Å². The van der Waals surface area contributed by atoms with Crippen molar-refractivity contribution in [2.75, 3.05) is 13.7 Å². The third-order valence-electron chi connectivity index (χ3n) is 1.67. The molecule has 15 heavy (non-hydrogen) atoms. The lowest BCUT2D eigenvalue weighted by molar-refractivity contribution is 0.0600. The quantitative estimate of drug-likeness (QED) is 0.560. The topological polar surface area (TPSA) is 35.5 Å². The third-order valence-corrected chi connectivity index (χ3v) is 1.67. The summed E-state index contributed by atoms with van der Waals surface area (Å²) < 4.78 is 30.3. The summed E-state index contributed by atoms with van der Waals surface area (Å²) >= 11 is 0. The van der Waals surface area contributed by atoms with Crippen molar-refractivity contribution in [2.24, 2.45) is 0 Å². The van der Waals surface area contributed by atoms with Crippen LogP contribution in [0.2, 0.25) is 0 Å². The molecule has 0 N–H and O–H groups in total. The molecule has 0 fully saturated rings. The Morgan fingerprint density at radius 1 is 1.47 bits per heavy atom. The van der Waals surface area contributed by atoms with Gasteiger partial charge in [0.15, 0.2) is 0 Å².